The van der Waals surface area contributed by atoms with Crippen molar-refractivity contribution < 1.29 is 4.42 Å². The Kier molecular flexibility index (Phi) is 4.41. The zero-order valence-electron chi connectivity index (χ0n) is 15.0. The Labute approximate surface area is 161 Å². The Morgan fingerprint density at radius 2 is 1.93 bits per heavy atom. The lowest BCUT2D eigenvalue weighted by Gasteiger charge is -2.09. The van der Waals surface area contributed by atoms with Crippen LogP contribution in [-0.4, -0.2) is 15.0 Å². The third-order valence-electron chi connectivity index (χ3n) is 4.35. The van der Waals surface area contributed by atoms with Crippen LogP contribution in [0.4, 0.5) is 17.6 Å². The van der Waals surface area contributed by atoms with Gasteiger partial charge >= 0.3 is 0 Å². The van der Waals surface area contributed by atoms with Gasteiger partial charge in [-0.1, -0.05) is 36.7 Å². The fourth-order valence-electron chi connectivity index (χ4n) is 3.04. The number of nitrogens with one attached hydrogen (secondary N) is 1. The number of furan rings is 1. The molecule has 0 aliphatic carbocycles. The van der Waals surface area contributed by atoms with Gasteiger partial charge in [0.25, 0.3) is 0 Å². The molecule has 2 aromatic heterocycles. The summed E-state index contributed by atoms with van der Waals surface area (Å²) in [5, 5.41) is 4.80. The van der Waals surface area contributed by atoms with Crippen molar-refractivity contribution in [2.24, 2.45) is 0 Å². The zero-order valence-corrected chi connectivity index (χ0v) is 15.7. The predicted octanol–water partition coefficient (Wildman–Crippen LogP) is 5.13. The van der Waals surface area contributed by atoms with Crippen molar-refractivity contribution in [3.05, 3.63) is 58.6 Å². The predicted molar refractivity (Wildman–Crippen MR) is 108 cm³/mol. The van der Waals surface area contributed by atoms with Gasteiger partial charge in [0, 0.05) is 21.7 Å². The van der Waals surface area contributed by atoms with Crippen molar-refractivity contribution in [1.82, 2.24) is 15.0 Å². The van der Waals surface area contributed by atoms with Gasteiger partial charge in [-0.2, -0.15) is 15.0 Å². The number of anilines is 3. The molecule has 0 amide bonds. The van der Waals surface area contributed by atoms with Crippen molar-refractivity contribution in [2.75, 3.05) is 11.1 Å². The molecule has 0 aliphatic rings. The molecule has 0 saturated heterocycles. The molecule has 0 saturated carbocycles. The quantitative estimate of drug-likeness (QED) is 0.510. The van der Waals surface area contributed by atoms with Crippen LogP contribution in [-0.2, 0) is 6.42 Å². The maximum Gasteiger partial charge on any atom is 0.232 e. The van der Waals surface area contributed by atoms with E-state index in [0.29, 0.717) is 22.6 Å². The van der Waals surface area contributed by atoms with Crippen LogP contribution in [0.2, 0.25) is 5.02 Å². The summed E-state index contributed by atoms with van der Waals surface area (Å²) in [6.45, 7) is 4.05. The minimum atomic E-state index is 0.122. The number of halogens is 1. The van der Waals surface area contributed by atoms with Crippen molar-refractivity contribution >= 4 is 40.2 Å². The van der Waals surface area contributed by atoms with Gasteiger partial charge < -0.3 is 15.5 Å². The number of hydrogen-bond acceptors (Lipinski definition) is 6. The smallest absolute Gasteiger partial charge is 0.232 e. The number of benzene rings is 2. The maximum atomic E-state index is 6.15. The van der Waals surface area contributed by atoms with Crippen LogP contribution < -0.4 is 11.1 Å². The highest BCUT2D eigenvalue weighted by Crippen LogP contribution is 2.34. The van der Waals surface area contributed by atoms with E-state index in [1.54, 1.807) is 6.07 Å². The van der Waals surface area contributed by atoms with Gasteiger partial charge in [0.05, 0.1) is 0 Å². The molecular weight excluding hydrogens is 362 g/mol. The van der Waals surface area contributed by atoms with Crippen LogP contribution >= 0.6 is 11.6 Å². The Morgan fingerprint density at radius 1 is 1.11 bits per heavy atom. The van der Waals surface area contributed by atoms with Gasteiger partial charge in [-0.05, 0) is 43.2 Å². The Morgan fingerprint density at radius 3 is 2.70 bits per heavy atom. The lowest BCUT2D eigenvalue weighted by molar-refractivity contribution is 0.620. The molecule has 0 bridgehead atoms. The van der Waals surface area contributed by atoms with Crippen LogP contribution in [0.3, 0.4) is 0 Å². The zero-order chi connectivity index (χ0) is 19.0. The molecule has 7 heteroatoms. The van der Waals surface area contributed by atoms with Crippen molar-refractivity contribution in [3.8, 4) is 11.6 Å². The number of aryl methyl sites for hydroxylation is 2. The molecule has 4 aromatic rings. The summed E-state index contributed by atoms with van der Waals surface area (Å²) in [5.74, 6) is 1.46. The van der Waals surface area contributed by atoms with Crippen molar-refractivity contribution in [1.29, 1.82) is 0 Å². The van der Waals surface area contributed by atoms with Crippen LogP contribution in [0, 0.1) is 6.92 Å². The molecule has 0 aliphatic heterocycles. The van der Waals surface area contributed by atoms with Gasteiger partial charge in [-0.15, -0.1) is 0 Å². The van der Waals surface area contributed by atoms with E-state index in [9.17, 15) is 0 Å². The molecule has 0 atom stereocenters. The van der Waals surface area contributed by atoms with Gasteiger partial charge in [-0.25, -0.2) is 0 Å². The molecule has 0 unspecified atom stereocenters. The van der Waals surface area contributed by atoms with Crippen LogP contribution in [0.1, 0.15) is 18.1 Å². The first-order valence-corrected chi connectivity index (χ1v) is 8.98. The van der Waals surface area contributed by atoms with E-state index in [4.69, 9.17) is 21.8 Å². The fraction of sp³-hybridized carbons (Fsp3) is 0.150. The first-order chi connectivity index (χ1) is 13.0. The highest BCUT2D eigenvalue weighted by atomic mass is 35.5. The summed E-state index contributed by atoms with van der Waals surface area (Å²) >= 11 is 6.15. The SMILES string of the molecule is CCc1c(-c2nc(N)nc(Nc3ccccc3C)n2)oc2ccc(Cl)cc12. The maximum absolute atomic E-state index is 6.15. The van der Waals surface area contributed by atoms with Gasteiger partial charge in [0.2, 0.25) is 17.7 Å². The first-order valence-electron chi connectivity index (χ1n) is 8.60. The molecule has 0 spiro atoms. The van der Waals surface area contributed by atoms with Crippen molar-refractivity contribution in [2.45, 2.75) is 20.3 Å². The van der Waals surface area contributed by atoms with Gasteiger partial charge in [0.15, 0.2) is 5.76 Å². The topological polar surface area (TPSA) is 89.9 Å². The number of nitrogens with zero attached hydrogens (tertiary/aromatic N) is 3. The standard InChI is InChI=1S/C20H18ClN5O/c1-3-13-14-10-12(21)8-9-16(14)27-17(13)18-24-19(22)26-20(25-18)23-15-7-5-4-6-11(15)2/h4-10H,3H2,1-2H3,(H3,22,23,24,25,26). The first kappa shape index (κ1) is 17.3. The molecule has 136 valence electrons. The number of hydrogen-bond donors (Lipinski definition) is 2. The highest BCUT2D eigenvalue weighted by Gasteiger charge is 2.19. The van der Waals surface area contributed by atoms with E-state index in [-0.39, 0.29) is 5.95 Å². The van der Waals surface area contributed by atoms with Gasteiger partial charge in [0.1, 0.15) is 5.58 Å². The van der Waals surface area contributed by atoms with E-state index >= 15 is 0 Å². The van der Waals surface area contributed by atoms with Crippen LogP contribution in [0.15, 0.2) is 46.9 Å². The van der Waals surface area contributed by atoms with E-state index in [2.05, 4.69) is 20.3 Å². The Balaban J connectivity index is 1.82. The van der Waals surface area contributed by atoms with E-state index in [1.165, 1.54) is 0 Å². The Bertz CT molecular complexity index is 1140. The second-order valence-corrected chi connectivity index (χ2v) is 6.62. The molecule has 2 aromatic carbocycles. The minimum absolute atomic E-state index is 0.122. The molecule has 2 heterocycles. The third kappa shape index (κ3) is 3.31. The monoisotopic (exact) mass is 379 g/mol. The molecule has 27 heavy (non-hydrogen) atoms. The highest BCUT2D eigenvalue weighted by molar-refractivity contribution is 6.31. The third-order valence-corrected chi connectivity index (χ3v) is 4.59. The number of nitrogens with two attached hydrogens (primary N) is 1. The molecule has 3 N–H and O–H groups in total. The molecule has 0 fully saturated rings. The van der Waals surface area contributed by atoms with E-state index in [0.717, 1.165) is 34.2 Å². The number of nitrogen functional groups attached to an aromatic ring is 1. The lowest BCUT2D eigenvalue weighted by Crippen LogP contribution is -2.05. The molecular formula is C20H18ClN5O. The summed E-state index contributed by atoms with van der Waals surface area (Å²) in [6.07, 6.45) is 0.745. The number of fused-ring (bicyclic) bond motifs is 1. The summed E-state index contributed by atoms with van der Waals surface area (Å²) in [6, 6.07) is 13.4. The minimum Gasteiger partial charge on any atom is -0.452 e. The Hall–Kier alpha value is -3.12. The summed E-state index contributed by atoms with van der Waals surface area (Å²) in [4.78, 5) is 13.0. The number of rotatable bonds is 4. The number of aromatic nitrogens is 3. The van der Waals surface area contributed by atoms with Gasteiger partial charge in [-0.3, -0.25) is 0 Å². The number of para-hydroxylation sites is 1. The second kappa shape index (κ2) is 6.89. The normalized spacial score (nSPS) is 11.1. The van der Waals surface area contributed by atoms with E-state index < -0.39 is 0 Å². The van der Waals surface area contributed by atoms with Crippen LogP contribution in [0.5, 0.6) is 0 Å². The molecule has 6 nitrogen and oxygen atoms in total. The molecule has 4 rings (SSSR count). The van der Waals surface area contributed by atoms with E-state index in [1.807, 2.05) is 50.2 Å². The summed E-state index contributed by atoms with van der Waals surface area (Å²) in [5.41, 5.74) is 9.63. The summed E-state index contributed by atoms with van der Waals surface area (Å²) in [7, 11) is 0. The average molecular weight is 380 g/mol. The lowest BCUT2D eigenvalue weighted by atomic mass is 10.1. The summed E-state index contributed by atoms with van der Waals surface area (Å²) < 4.78 is 6.02. The van der Waals surface area contributed by atoms with Crippen molar-refractivity contribution in [3.63, 3.8) is 0 Å². The van der Waals surface area contributed by atoms with Crippen LogP contribution in [0.25, 0.3) is 22.6 Å². The second-order valence-electron chi connectivity index (χ2n) is 6.18. The average Bonchev–Trinajstić information content (AvgIpc) is 3.01. The molecule has 0 radical (unpaired) electrons. The largest absolute Gasteiger partial charge is 0.452 e. The fourth-order valence-corrected chi connectivity index (χ4v) is 3.21.